The molecule has 118 valence electrons. The molecule has 0 unspecified atom stereocenters. The molecule has 0 spiro atoms. The van der Waals surface area contributed by atoms with Gasteiger partial charge in [0.1, 0.15) is 0 Å². The summed E-state index contributed by atoms with van der Waals surface area (Å²) in [6.45, 7) is 8.10. The van der Waals surface area contributed by atoms with Crippen LogP contribution in [0.5, 0.6) is 0 Å². The largest absolute Gasteiger partial charge is 0.337 e. The predicted octanol–water partition coefficient (Wildman–Crippen LogP) is 2.40. The maximum Gasteiger partial charge on any atom is 0.233 e. The summed E-state index contributed by atoms with van der Waals surface area (Å²) in [4.78, 5) is 14.3. The molecule has 0 aliphatic rings. The summed E-state index contributed by atoms with van der Waals surface area (Å²) in [5, 5.41) is 12.3. The highest BCUT2D eigenvalue weighted by atomic mass is 32.2. The molecule has 6 nitrogen and oxygen atoms in total. The molecule has 0 radical (unpaired) electrons. The van der Waals surface area contributed by atoms with Crippen LogP contribution in [0.4, 0.5) is 0 Å². The molecule has 0 N–H and O–H groups in total. The van der Waals surface area contributed by atoms with E-state index >= 15 is 0 Å². The fraction of sp³-hybridized carbons (Fsp3) is 0.467. The van der Waals surface area contributed by atoms with Crippen molar-refractivity contribution < 1.29 is 4.79 Å². The Kier molecular flexibility index (Phi) is 5.54. The molecule has 0 aliphatic carbocycles. The molecule has 0 fully saturated rings. The number of thioether (sulfide) groups is 1. The van der Waals surface area contributed by atoms with Crippen LogP contribution in [0.1, 0.15) is 27.7 Å². The number of rotatable bonds is 6. The first-order chi connectivity index (χ1) is 10.5. The van der Waals surface area contributed by atoms with Crippen LogP contribution in [-0.2, 0) is 4.79 Å². The third kappa shape index (κ3) is 3.85. The standard InChI is InChI=1S/C15H21N5OS/c1-11(2)19(12(3)4)14(21)10-22-15-16-17-18-20(15)13-8-6-5-7-9-13/h5-9,11-12H,10H2,1-4H3. The highest BCUT2D eigenvalue weighted by molar-refractivity contribution is 7.99. The lowest BCUT2D eigenvalue weighted by Crippen LogP contribution is -2.43. The van der Waals surface area contributed by atoms with Crippen molar-refractivity contribution >= 4 is 17.7 Å². The molecule has 0 bridgehead atoms. The summed E-state index contributed by atoms with van der Waals surface area (Å²) in [6.07, 6.45) is 0. The van der Waals surface area contributed by atoms with Gasteiger partial charge in [0.05, 0.1) is 11.4 Å². The van der Waals surface area contributed by atoms with Crippen molar-refractivity contribution in [3.63, 3.8) is 0 Å². The Hall–Kier alpha value is -1.89. The highest BCUT2D eigenvalue weighted by Crippen LogP contribution is 2.19. The van der Waals surface area contributed by atoms with E-state index in [9.17, 15) is 4.79 Å². The minimum absolute atomic E-state index is 0.0950. The molecule has 2 aromatic rings. The van der Waals surface area contributed by atoms with Crippen molar-refractivity contribution in [3.05, 3.63) is 30.3 Å². The van der Waals surface area contributed by atoms with Gasteiger partial charge in [-0.15, -0.1) is 5.10 Å². The SMILES string of the molecule is CC(C)N(C(=O)CSc1nnnn1-c1ccccc1)C(C)C. The zero-order chi connectivity index (χ0) is 16.1. The number of aromatic nitrogens is 4. The van der Waals surface area contributed by atoms with E-state index < -0.39 is 0 Å². The smallest absolute Gasteiger partial charge is 0.233 e. The zero-order valence-electron chi connectivity index (χ0n) is 13.3. The van der Waals surface area contributed by atoms with Gasteiger partial charge in [-0.1, -0.05) is 30.0 Å². The minimum Gasteiger partial charge on any atom is -0.337 e. The van der Waals surface area contributed by atoms with E-state index in [1.54, 1.807) is 4.68 Å². The molecule has 0 aliphatic heterocycles. The van der Waals surface area contributed by atoms with Gasteiger partial charge >= 0.3 is 0 Å². The van der Waals surface area contributed by atoms with E-state index in [4.69, 9.17) is 0 Å². The van der Waals surface area contributed by atoms with Crippen molar-refractivity contribution in [1.82, 2.24) is 25.1 Å². The van der Waals surface area contributed by atoms with Crippen molar-refractivity contribution in [1.29, 1.82) is 0 Å². The summed E-state index contributed by atoms with van der Waals surface area (Å²) in [5.41, 5.74) is 0.882. The van der Waals surface area contributed by atoms with E-state index in [0.717, 1.165) is 5.69 Å². The van der Waals surface area contributed by atoms with Crippen molar-refractivity contribution in [2.45, 2.75) is 44.9 Å². The van der Waals surface area contributed by atoms with E-state index in [1.807, 2.05) is 62.9 Å². The molecule has 1 aromatic carbocycles. The topological polar surface area (TPSA) is 63.9 Å². The van der Waals surface area contributed by atoms with Crippen LogP contribution in [0.25, 0.3) is 5.69 Å². The Morgan fingerprint density at radius 3 is 2.41 bits per heavy atom. The third-order valence-corrected chi connectivity index (χ3v) is 4.07. The number of hydrogen-bond donors (Lipinski definition) is 0. The first kappa shape index (κ1) is 16.5. The number of amides is 1. The average Bonchev–Trinajstić information content (AvgIpc) is 2.93. The van der Waals surface area contributed by atoms with Gasteiger partial charge in [0.2, 0.25) is 11.1 Å². The van der Waals surface area contributed by atoms with Crippen LogP contribution >= 0.6 is 11.8 Å². The number of para-hydroxylation sites is 1. The Balaban J connectivity index is 2.07. The number of nitrogens with zero attached hydrogens (tertiary/aromatic N) is 5. The first-order valence-corrected chi connectivity index (χ1v) is 8.27. The summed E-state index contributed by atoms with van der Waals surface area (Å²) in [5.74, 6) is 0.418. The summed E-state index contributed by atoms with van der Waals surface area (Å²) in [6, 6.07) is 10.0. The monoisotopic (exact) mass is 319 g/mol. The second-order valence-corrected chi connectivity index (χ2v) is 6.43. The van der Waals surface area contributed by atoms with Gasteiger partial charge in [-0.3, -0.25) is 4.79 Å². The Morgan fingerprint density at radius 2 is 1.82 bits per heavy atom. The van der Waals surface area contributed by atoms with Crippen LogP contribution in [-0.4, -0.2) is 48.9 Å². The quantitative estimate of drug-likeness (QED) is 0.765. The van der Waals surface area contributed by atoms with Gasteiger partial charge in [0.25, 0.3) is 0 Å². The molecular weight excluding hydrogens is 298 g/mol. The predicted molar refractivity (Wildman–Crippen MR) is 87.0 cm³/mol. The first-order valence-electron chi connectivity index (χ1n) is 7.28. The molecule has 22 heavy (non-hydrogen) atoms. The van der Waals surface area contributed by atoms with Gasteiger partial charge in [0, 0.05) is 12.1 Å². The zero-order valence-corrected chi connectivity index (χ0v) is 14.1. The highest BCUT2D eigenvalue weighted by Gasteiger charge is 2.21. The van der Waals surface area contributed by atoms with Gasteiger partial charge < -0.3 is 4.90 Å². The third-order valence-electron chi connectivity index (χ3n) is 3.17. The number of tetrazole rings is 1. The maximum absolute atomic E-state index is 12.4. The Bertz CT molecular complexity index is 603. The number of carbonyl (C=O) groups is 1. The lowest BCUT2D eigenvalue weighted by atomic mass is 10.2. The molecule has 2 rings (SSSR count). The normalized spacial score (nSPS) is 11.2. The van der Waals surface area contributed by atoms with Gasteiger partial charge in [-0.25, -0.2) is 0 Å². The van der Waals surface area contributed by atoms with Crippen molar-refractivity contribution in [2.24, 2.45) is 0 Å². The van der Waals surface area contributed by atoms with E-state index in [1.165, 1.54) is 11.8 Å². The van der Waals surface area contributed by atoms with Gasteiger partial charge in [0.15, 0.2) is 0 Å². The maximum atomic E-state index is 12.4. The Labute approximate surface area is 134 Å². The average molecular weight is 319 g/mol. The van der Waals surface area contributed by atoms with Crippen molar-refractivity contribution in [2.75, 3.05) is 5.75 Å². The summed E-state index contributed by atoms with van der Waals surface area (Å²) < 4.78 is 1.65. The molecular formula is C15H21N5OS. The molecule has 0 saturated heterocycles. The second-order valence-electron chi connectivity index (χ2n) is 5.49. The van der Waals surface area contributed by atoms with Gasteiger partial charge in [-0.05, 0) is 50.3 Å². The second kappa shape index (κ2) is 7.40. The summed E-state index contributed by atoms with van der Waals surface area (Å²) in [7, 11) is 0. The molecule has 0 atom stereocenters. The molecule has 1 aromatic heterocycles. The van der Waals surface area contributed by atoms with E-state index in [-0.39, 0.29) is 18.0 Å². The lowest BCUT2D eigenvalue weighted by molar-refractivity contribution is -0.131. The van der Waals surface area contributed by atoms with Crippen LogP contribution in [0.3, 0.4) is 0 Å². The number of carbonyl (C=O) groups excluding carboxylic acids is 1. The number of hydrogen-bond acceptors (Lipinski definition) is 5. The fourth-order valence-corrected chi connectivity index (χ4v) is 3.13. The Morgan fingerprint density at radius 1 is 1.18 bits per heavy atom. The fourth-order valence-electron chi connectivity index (χ4n) is 2.37. The van der Waals surface area contributed by atoms with Crippen LogP contribution in [0.2, 0.25) is 0 Å². The molecule has 7 heteroatoms. The number of benzene rings is 1. The molecule has 1 heterocycles. The van der Waals surface area contributed by atoms with Crippen LogP contribution in [0.15, 0.2) is 35.5 Å². The lowest BCUT2D eigenvalue weighted by Gasteiger charge is -2.30. The van der Waals surface area contributed by atoms with Crippen molar-refractivity contribution in [3.8, 4) is 5.69 Å². The van der Waals surface area contributed by atoms with E-state index in [2.05, 4.69) is 15.5 Å². The summed E-state index contributed by atoms with van der Waals surface area (Å²) >= 11 is 1.36. The molecule has 1 amide bonds. The van der Waals surface area contributed by atoms with E-state index in [0.29, 0.717) is 10.9 Å². The minimum atomic E-state index is 0.0950. The molecule has 0 saturated carbocycles. The van der Waals surface area contributed by atoms with Crippen LogP contribution < -0.4 is 0 Å². The van der Waals surface area contributed by atoms with Gasteiger partial charge in [-0.2, -0.15) is 4.68 Å². The van der Waals surface area contributed by atoms with Crippen LogP contribution in [0, 0.1) is 0 Å².